The Balaban J connectivity index is 1.47. The topological polar surface area (TPSA) is 49.9 Å². The summed E-state index contributed by atoms with van der Waals surface area (Å²) in [6, 6.07) is 0.732. The molecule has 0 radical (unpaired) electrons. The summed E-state index contributed by atoms with van der Waals surface area (Å²) in [5.41, 5.74) is 0.663. The molecule has 2 bridgehead atoms. The van der Waals surface area contributed by atoms with Crippen molar-refractivity contribution >= 4 is 11.9 Å². The van der Waals surface area contributed by atoms with Crippen LogP contribution in [-0.4, -0.2) is 59.5 Å². The van der Waals surface area contributed by atoms with Crippen LogP contribution in [0.15, 0.2) is 11.6 Å². The molecule has 5 atom stereocenters. The third-order valence-corrected chi connectivity index (χ3v) is 6.92. The van der Waals surface area contributed by atoms with E-state index in [1.807, 2.05) is 6.92 Å². The second-order valence-electron chi connectivity index (χ2n) is 8.28. The third-order valence-electron chi connectivity index (χ3n) is 6.92. The number of amides is 1. The first-order valence-corrected chi connectivity index (χ1v) is 9.97. The highest BCUT2D eigenvalue weighted by Gasteiger charge is 2.52. The summed E-state index contributed by atoms with van der Waals surface area (Å²) < 4.78 is 5.71. The second kappa shape index (κ2) is 6.75. The summed E-state index contributed by atoms with van der Waals surface area (Å²) in [6.07, 6.45) is 8.09. The minimum atomic E-state index is -0.208. The van der Waals surface area contributed by atoms with Gasteiger partial charge < -0.3 is 9.64 Å². The van der Waals surface area contributed by atoms with Crippen molar-refractivity contribution in [2.24, 2.45) is 11.8 Å². The van der Waals surface area contributed by atoms with Crippen LogP contribution < -0.4 is 0 Å². The maximum atomic E-state index is 13.1. The number of nitrogens with zero attached hydrogens (tertiary/aromatic N) is 2. The van der Waals surface area contributed by atoms with Gasteiger partial charge in [0.1, 0.15) is 6.10 Å². The fraction of sp³-hybridized carbons (Fsp3) is 0.800. The first kappa shape index (κ1) is 17.1. The molecule has 138 valence electrons. The highest BCUT2D eigenvalue weighted by atomic mass is 16.5. The van der Waals surface area contributed by atoms with Crippen LogP contribution in [0.1, 0.15) is 52.4 Å². The molecule has 0 spiro atoms. The fourth-order valence-corrected chi connectivity index (χ4v) is 5.46. The van der Waals surface area contributed by atoms with Crippen LogP contribution in [0, 0.1) is 11.8 Å². The van der Waals surface area contributed by atoms with Gasteiger partial charge in [-0.1, -0.05) is 6.08 Å². The molecule has 4 rings (SSSR count). The van der Waals surface area contributed by atoms with Crippen LogP contribution in [-0.2, 0) is 14.3 Å². The van der Waals surface area contributed by atoms with Gasteiger partial charge in [0.25, 0.3) is 0 Å². The van der Waals surface area contributed by atoms with Crippen molar-refractivity contribution in [2.45, 2.75) is 70.6 Å². The van der Waals surface area contributed by atoms with Gasteiger partial charge >= 0.3 is 5.97 Å². The lowest BCUT2D eigenvalue weighted by molar-refractivity contribution is -0.164. The molecule has 0 N–H and O–H groups in total. The molecule has 4 aliphatic rings. The molecule has 4 heterocycles. The average molecular weight is 346 g/mol. The summed E-state index contributed by atoms with van der Waals surface area (Å²) in [5.74, 6) is 0.911. The van der Waals surface area contributed by atoms with Crippen molar-refractivity contribution in [2.75, 3.05) is 19.6 Å². The number of fused-ring (bicyclic) bond motifs is 6. The second-order valence-corrected chi connectivity index (χ2v) is 8.28. The zero-order valence-electron chi connectivity index (χ0n) is 15.4. The molecule has 5 nitrogen and oxygen atoms in total. The number of allylic oxidation sites excluding steroid dienone is 1. The van der Waals surface area contributed by atoms with Crippen LogP contribution >= 0.6 is 0 Å². The highest BCUT2D eigenvalue weighted by Crippen LogP contribution is 2.43. The van der Waals surface area contributed by atoms with E-state index >= 15 is 0 Å². The molecule has 0 saturated carbocycles. The number of carbonyl (C=O) groups excluding carboxylic acids is 2. The predicted molar refractivity (Wildman–Crippen MR) is 94.9 cm³/mol. The molecule has 0 aromatic heterocycles. The average Bonchev–Trinajstić information content (AvgIpc) is 2.65. The summed E-state index contributed by atoms with van der Waals surface area (Å²) in [6.45, 7) is 6.66. The zero-order valence-corrected chi connectivity index (χ0v) is 15.4. The van der Waals surface area contributed by atoms with E-state index in [0.717, 1.165) is 45.3 Å². The lowest BCUT2D eigenvalue weighted by Gasteiger charge is -2.56. The summed E-state index contributed by atoms with van der Waals surface area (Å²) >= 11 is 0. The van der Waals surface area contributed by atoms with Gasteiger partial charge in [-0.05, 0) is 51.9 Å². The molecule has 4 fully saturated rings. The minimum absolute atomic E-state index is 0.0490. The predicted octanol–water partition coefficient (Wildman–Crippen LogP) is 2.36. The van der Waals surface area contributed by atoms with E-state index < -0.39 is 0 Å². The Morgan fingerprint density at radius 2 is 2.00 bits per heavy atom. The van der Waals surface area contributed by atoms with E-state index in [-0.39, 0.29) is 24.0 Å². The molecular weight excluding hydrogens is 316 g/mol. The lowest BCUT2D eigenvalue weighted by atomic mass is 9.70. The normalized spacial score (nSPS) is 38.8. The van der Waals surface area contributed by atoms with Crippen LogP contribution in [0.3, 0.4) is 0 Å². The molecule has 5 heteroatoms. The maximum Gasteiger partial charge on any atom is 0.333 e. The van der Waals surface area contributed by atoms with E-state index in [1.54, 1.807) is 13.0 Å². The highest BCUT2D eigenvalue weighted by molar-refractivity contribution is 5.87. The molecule has 0 unspecified atom stereocenters. The fourth-order valence-electron chi connectivity index (χ4n) is 5.46. The van der Waals surface area contributed by atoms with Crippen molar-refractivity contribution in [1.29, 1.82) is 0 Å². The van der Waals surface area contributed by atoms with Crippen molar-refractivity contribution in [3.8, 4) is 0 Å². The van der Waals surface area contributed by atoms with Crippen LogP contribution in [0.5, 0.6) is 0 Å². The molecule has 4 aliphatic heterocycles. The van der Waals surface area contributed by atoms with Crippen molar-refractivity contribution in [3.05, 3.63) is 11.6 Å². The Labute approximate surface area is 150 Å². The van der Waals surface area contributed by atoms with E-state index in [2.05, 4.69) is 9.80 Å². The SMILES string of the molecule is C/C=C(\C)C(=O)O[C@H]1CCN2C[C@H]3C[C@H](C(=O)N4CCCC[C@H]34)[C@@H]2C1. The first-order chi connectivity index (χ1) is 12.1. The molecule has 0 aliphatic carbocycles. The van der Waals surface area contributed by atoms with Gasteiger partial charge in [0, 0.05) is 43.7 Å². The first-order valence-electron chi connectivity index (χ1n) is 9.97. The number of rotatable bonds is 2. The maximum absolute atomic E-state index is 13.1. The number of hydrogen-bond acceptors (Lipinski definition) is 4. The molecule has 25 heavy (non-hydrogen) atoms. The summed E-state index contributed by atoms with van der Waals surface area (Å²) in [4.78, 5) is 29.9. The Morgan fingerprint density at radius 1 is 1.16 bits per heavy atom. The number of carbonyl (C=O) groups is 2. The van der Waals surface area contributed by atoms with Gasteiger partial charge in [-0.2, -0.15) is 0 Å². The molecule has 0 aromatic carbocycles. The summed E-state index contributed by atoms with van der Waals surface area (Å²) in [7, 11) is 0. The zero-order chi connectivity index (χ0) is 17.6. The van der Waals surface area contributed by atoms with Crippen molar-refractivity contribution < 1.29 is 14.3 Å². The van der Waals surface area contributed by atoms with E-state index in [9.17, 15) is 9.59 Å². The smallest absolute Gasteiger partial charge is 0.333 e. The molecule has 0 aromatic rings. The lowest BCUT2D eigenvalue weighted by Crippen LogP contribution is -2.66. The van der Waals surface area contributed by atoms with Gasteiger partial charge in [0.15, 0.2) is 0 Å². The van der Waals surface area contributed by atoms with Gasteiger partial charge in [-0.25, -0.2) is 4.79 Å². The van der Waals surface area contributed by atoms with Gasteiger partial charge in [0.2, 0.25) is 5.91 Å². The Bertz CT molecular complexity index is 587. The van der Waals surface area contributed by atoms with E-state index in [0.29, 0.717) is 23.4 Å². The van der Waals surface area contributed by atoms with Gasteiger partial charge in [0.05, 0.1) is 5.92 Å². The molecular formula is C20H30N2O3. The molecule has 1 amide bonds. The van der Waals surface area contributed by atoms with E-state index in [4.69, 9.17) is 4.74 Å². The Hall–Kier alpha value is -1.36. The standard InChI is InChI=1S/C20H30N2O3/c1-3-13(2)20(24)25-15-7-9-21-12-14-10-16(18(21)11-15)19(23)22-8-5-4-6-17(14)22/h3,14-18H,4-12H2,1-2H3/b13-3+/t14-,15+,16+,17-,18+/m1/s1. The minimum Gasteiger partial charge on any atom is -0.459 e. The van der Waals surface area contributed by atoms with Crippen molar-refractivity contribution in [3.63, 3.8) is 0 Å². The summed E-state index contributed by atoms with van der Waals surface area (Å²) in [5, 5.41) is 0. The van der Waals surface area contributed by atoms with Gasteiger partial charge in [-0.15, -0.1) is 0 Å². The third kappa shape index (κ3) is 3.01. The van der Waals surface area contributed by atoms with Crippen LogP contribution in [0.2, 0.25) is 0 Å². The number of ether oxygens (including phenoxy) is 1. The largest absolute Gasteiger partial charge is 0.459 e. The number of esters is 1. The quantitative estimate of drug-likeness (QED) is 0.569. The number of piperidine rings is 4. The monoisotopic (exact) mass is 346 g/mol. The van der Waals surface area contributed by atoms with Crippen LogP contribution in [0.4, 0.5) is 0 Å². The van der Waals surface area contributed by atoms with E-state index in [1.165, 1.54) is 12.8 Å². The Morgan fingerprint density at radius 3 is 2.80 bits per heavy atom. The Kier molecular flexibility index (Phi) is 4.61. The van der Waals surface area contributed by atoms with Gasteiger partial charge in [-0.3, -0.25) is 9.69 Å². The van der Waals surface area contributed by atoms with Crippen molar-refractivity contribution in [1.82, 2.24) is 9.80 Å². The van der Waals surface area contributed by atoms with Crippen LogP contribution in [0.25, 0.3) is 0 Å². The molecule has 4 saturated heterocycles. The number of hydrogen-bond donors (Lipinski definition) is 0.